The first-order chi connectivity index (χ1) is 8.88. The fourth-order valence-electron chi connectivity index (χ4n) is 1.46. The van der Waals surface area contributed by atoms with Gasteiger partial charge in [0.2, 0.25) is 0 Å². The third-order valence-electron chi connectivity index (χ3n) is 2.60. The average molecular weight is 284 g/mol. The molecule has 1 aromatic carbocycles. The van der Waals surface area contributed by atoms with E-state index in [0.717, 1.165) is 22.7 Å². The molecule has 0 radical (unpaired) electrons. The molecule has 0 aliphatic heterocycles. The molecule has 0 unspecified atom stereocenters. The first-order valence-electron chi connectivity index (χ1n) is 5.44. The van der Waals surface area contributed by atoms with E-state index in [2.05, 4.69) is 4.98 Å². The minimum absolute atomic E-state index is 0.502. The number of hydrogen-bond acceptors (Lipinski definition) is 3. The van der Waals surface area contributed by atoms with Crippen LogP contribution >= 0.6 is 11.8 Å². The van der Waals surface area contributed by atoms with Crippen molar-refractivity contribution in [3.8, 4) is 0 Å². The van der Waals surface area contributed by atoms with Gasteiger partial charge in [-0.05, 0) is 36.8 Å². The maximum atomic E-state index is 12.4. The van der Waals surface area contributed by atoms with E-state index in [1.54, 1.807) is 12.1 Å². The van der Waals surface area contributed by atoms with Gasteiger partial charge in [0.15, 0.2) is 0 Å². The Kier molecular flexibility index (Phi) is 3.71. The summed E-state index contributed by atoms with van der Waals surface area (Å²) in [6, 6.07) is 7.82. The third-order valence-corrected chi connectivity index (χ3v) is 3.72. The molecule has 1 aromatic heterocycles. The molecule has 19 heavy (non-hydrogen) atoms. The maximum absolute atomic E-state index is 12.4. The van der Waals surface area contributed by atoms with Crippen molar-refractivity contribution in [2.45, 2.75) is 23.0 Å². The molecule has 0 saturated carbocycles. The van der Waals surface area contributed by atoms with Crippen LogP contribution in [0.3, 0.4) is 0 Å². The van der Waals surface area contributed by atoms with Gasteiger partial charge >= 0.3 is 6.18 Å². The van der Waals surface area contributed by atoms with Crippen molar-refractivity contribution >= 4 is 17.4 Å². The smallest absolute Gasteiger partial charge is 0.398 e. The second-order valence-electron chi connectivity index (χ2n) is 3.96. The van der Waals surface area contributed by atoms with Crippen LogP contribution in [-0.4, -0.2) is 4.98 Å². The predicted molar refractivity (Wildman–Crippen MR) is 69.0 cm³/mol. The standard InChI is InChI=1S/C13H11F3N2S/c1-8-10(17)3-2-4-11(8)19-12-6-5-9(7-18-12)13(14,15)16/h2-7H,17H2,1H3. The summed E-state index contributed by atoms with van der Waals surface area (Å²) in [6.45, 7) is 1.86. The lowest BCUT2D eigenvalue weighted by atomic mass is 10.2. The molecule has 0 spiro atoms. The molecule has 0 aliphatic carbocycles. The Hall–Kier alpha value is -1.69. The Morgan fingerprint density at radius 1 is 1.16 bits per heavy atom. The highest BCUT2D eigenvalue weighted by molar-refractivity contribution is 7.99. The summed E-state index contributed by atoms with van der Waals surface area (Å²) in [5.41, 5.74) is 6.57. The van der Waals surface area contributed by atoms with Gasteiger partial charge < -0.3 is 5.73 Å². The number of anilines is 1. The second-order valence-corrected chi connectivity index (χ2v) is 5.02. The van der Waals surface area contributed by atoms with Crippen molar-refractivity contribution in [2.24, 2.45) is 0 Å². The van der Waals surface area contributed by atoms with Crippen LogP contribution in [0.5, 0.6) is 0 Å². The highest BCUT2D eigenvalue weighted by atomic mass is 32.2. The predicted octanol–water partition coefficient (Wildman–Crippen LogP) is 4.14. The number of nitrogen functional groups attached to an aromatic ring is 1. The van der Waals surface area contributed by atoms with E-state index in [9.17, 15) is 13.2 Å². The number of pyridine rings is 1. The van der Waals surface area contributed by atoms with E-state index in [1.165, 1.54) is 17.8 Å². The highest BCUT2D eigenvalue weighted by Gasteiger charge is 2.30. The molecule has 2 aromatic rings. The van der Waals surface area contributed by atoms with E-state index in [-0.39, 0.29) is 0 Å². The number of alkyl halides is 3. The van der Waals surface area contributed by atoms with Gasteiger partial charge in [0.25, 0.3) is 0 Å². The van der Waals surface area contributed by atoms with E-state index in [0.29, 0.717) is 10.7 Å². The fourth-order valence-corrected chi connectivity index (χ4v) is 2.35. The first-order valence-corrected chi connectivity index (χ1v) is 6.26. The van der Waals surface area contributed by atoms with Crippen LogP contribution in [0, 0.1) is 6.92 Å². The number of rotatable bonds is 2. The lowest BCUT2D eigenvalue weighted by Gasteiger charge is -2.09. The van der Waals surface area contributed by atoms with Gasteiger partial charge in [0.1, 0.15) is 5.03 Å². The molecule has 0 aliphatic rings. The average Bonchev–Trinajstić information content (AvgIpc) is 2.35. The van der Waals surface area contributed by atoms with Gasteiger partial charge in [-0.25, -0.2) is 4.98 Å². The Morgan fingerprint density at radius 2 is 1.89 bits per heavy atom. The monoisotopic (exact) mass is 284 g/mol. The SMILES string of the molecule is Cc1c(N)cccc1Sc1ccc(C(F)(F)F)cn1. The van der Waals surface area contributed by atoms with Gasteiger partial charge in [-0.3, -0.25) is 0 Å². The van der Waals surface area contributed by atoms with Crippen molar-refractivity contribution in [1.82, 2.24) is 4.98 Å². The Balaban J connectivity index is 2.23. The van der Waals surface area contributed by atoms with Crippen LogP contribution in [0.4, 0.5) is 18.9 Å². The highest BCUT2D eigenvalue weighted by Crippen LogP contribution is 2.33. The van der Waals surface area contributed by atoms with Gasteiger partial charge in [-0.2, -0.15) is 13.2 Å². The molecule has 2 nitrogen and oxygen atoms in total. The first kappa shape index (κ1) is 13.7. The van der Waals surface area contributed by atoms with E-state index in [4.69, 9.17) is 5.73 Å². The van der Waals surface area contributed by atoms with Crippen LogP contribution in [0.25, 0.3) is 0 Å². The molecule has 0 fully saturated rings. The molecule has 0 atom stereocenters. The number of nitrogens with two attached hydrogens (primary N) is 1. The van der Waals surface area contributed by atoms with Crippen molar-refractivity contribution < 1.29 is 13.2 Å². The molecule has 0 bridgehead atoms. The summed E-state index contributed by atoms with van der Waals surface area (Å²) in [5, 5.41) is 0.502. The molecule has 100 valence electrons. The largest absolute Gasteiger partial charge is 0.417 e. The maximum Gasteiger partial charge on any atom is 0.417 e. The second kappa shape index (κ2) is 5.13. The van der Waals surface area contributed by atoms with Crippen molar-refractivity contribution in [2.75, 3.05) is 5.73 Å². The van der Waals surface area contributed by atoms with Crippen molar-refractivity contribution in [3.05, 3.63) is 47.7 Å². The van der Waals surface area contributed by atoms with Crippen LogP contribution in [0.2, 0.25) is 0 Å². The summed E-state index contributed by atoms with van der Waals surface area (Å²) < 4.78 is 37.2. The Morgan fingerprint density at radius 3 is 2.47 bits per heavy atom. The summed E-state index contributed by atoms with van der Waals surface area (Å²) in [6.07, 6.45) is -3.52. The molecular weight excluding hydrogens is 273 g/mol. The quantitative estimate of drug-likeness (QED) is 0.842. The molecule has 1 heterocycles. The summed E-state index contributed by atoms with van der Waals surface area (Å²) >= 11 is 1.29. The van der Waals surface area contributed by atoms with Crippen molar-refractivity contribution in [3.63, 3.8) is 0 Å². The van der Waals surface area contributed by atoms with Gasteiger partial charge in [0.05, 0.1) is 5.56 Å². The van der Waals surface area contributed by atoms with E-state index < -0.39 is 11.7 Å². The molecule has 0 amide bonds. The number of hydrogen-bond donors (Lipinski definition) is 1. The van der Waals surface area contributed by atoms with Crippen molar-refractivity contribution in [1.29, 1.82) is 0 Å². The molecule has 2 rings (SSSR count). The lowest BCUT2D eigenvalue weighted by molar-refractivity contribution is -0.137. The van der Waals surface area contributed by atoms with Crippen LogP contribution in [-0.2, 0) is 6.18 Å². The zero-order valence-corrected chi connectivity index (χ0v) is 10.8. The Labute approximate surface area is 112 Å². The summed E-state index contributed by atoms with van der Waals surface area (Å²) in [4.78, 5) is 4.70. The number of nitrogens with zero attached hydrogens (tertiary/aromatic N) is 1. The number of halogens is 3. The number of benzene rings is 1. The minimum atomic E-state index is -4.36. The Bertz CT molecular complexity index is 579. The molecule has 2 N–H and O–H groups in total. The zero-order chi connectivity index (χ0) is 14.0. The molecule has 6 heteroatoms. The third kappa shape index (κ3) is 3.20. The van der Waals surface area contributed by atoms with Gasteiger partial charge in [-0.15, -0.1) is 0 Å². The lowest BCUT2D eigenvalue weighted by Crippen LogP contribution is -2.05. The van der Waals surface area contributed by atoms with Gasteiger partial charge in [0, 0.05) is 16.8 Å². The minimum Gasteiger partial charge on any atom is -0.398 e. The normalized spacial score (nSPS) is 11.6. The molecule has 0 saturated heterocycles. The summed E-state index contributed by atoms with van der Waals surface area (Å²) in [5.74, 6) is 0. The van der Waals surface area contributed by atoms with E-state index in [1.807, 2.05) is 13.0 Å². The topological polar surface area (TPSA) is 38.9 Å². The van der Waals surface area contributed by atoms with Crippen LogP contribution < -0.4 is 5.73 Å². The summed E-state index contributed by atoms with van der Waals surface area (Å²) in [7, 11) is 0. The van der Waals surface area contributed by atoms with Crippen LogP contribution in [0.1, 0.15) is 11.1 Å². The fraction of sp³-hybridized carbons (Fsp3) is 0.154. The zero-order valence-electron chi connectivity index (χ0n) is 10.0. The number of aromatic nitrogens is 1. The van der Waals surface area contributed by atoms with Crippen LogP contribution in [0.15, 0.2) is 46.5 Å². The van der Waals surface area contributed by atoms with E-state index >= 15 is 0 Å². The van der Waals surface area contributed by atoms with Gasteiger partial charge in [-0.1, -0.05) is 17.8 Å². The molecular formula is C13H11F3N2S.